The summed E-state index contributed by atoms with van der Waals surface area (Å²) in [7, 11) is -2.22. The van der Waals surface area contributed by atoms with Crippen LogP contribution in [0.3, 0.4) is 0 Å². The van der Waals surface area contributed by atoms with Crippen LogP contribution in [0.2, 0.25) is 0 Å². The number of hydrogen-bond donors (Lipinski definition) is 0. The molecule has 1 rings (SSSR count). The lowest BCUT2D eigenvalue weighted by atomic mass is 10.6. The van der Waals surface area contributed by atoms with E-state index in [0.717, 1.165) is 13.1 Å². The lowest BCUT2D eigenvalue weighted by Gasteiger charge is -2.09. The molecule has 0 saturated carbocycles. The van der Waals surface area contributed by atoms with Crippen LogP contribution >= 0.6 is 7.68 Å². The van der Waals surface area contributed by atoms with Crippen molar-refractivity contribution in [3.8, 4) is 0 Å². The van der Waals surface area contributed by atoms with Crippen LogP contribution in [0.4, 0.5) is 0 Å². The Kier molecular flexibility index (Phi) is 2.63. The molecule has 0 aromatic heterocycles. The fraction of sp³-hybridized carbons (Fsp3) is 0.800. The molecule has 0 aliphatic carbocycles. The molecule has 0 aromatic rings. The van der Waals surface area contributed by atoms with Gasteiger partial charge >= 0.3 is 7.68 Å². The minimum atomic E-state index is -2.22. The van der Waals surface area contributed by atoms with Crippen LogP contribution in [0, 0.1) is 0 Å². The van der Waals surface area contributed by atoms with Gasteiger partial charge in [-0.25, -0.2) is 9.13 Å². The molecular weight excluding hydrogens is 151 g/mol. The van der Waals surface area contributed by atoms with E-state index < -0.39 is 7.68 Å². The van der Waals surface area contributed by atoms with Crippen molar-refractivity contribution in [3.63, 3.8) is 0 Å². The lowest BCUT2D eigenvalue weighted by molar-refractivity contribution is 0.477. The molecule has 0 saturated heterocycles. The number of aliphatic imine (C=N–C) groups is 1. The van der Waals surface area contributed by atoms with Crippen LogP contribution in [-0.2, 0) is 9.13 Å². The SMILES string of the molecule is O=P(=O)CCN1C=NCC1. The molecule has 1 heterocycles. The zero-order valence-electron chi connectivity index (χ0n) is 5.56. The summed E-state index contributed by atoms with van der Waals surface area (Å²) in [5.41, 5.74) is 0. The second-order valence-electron chi connectivity index (χ2n) is 2.11. The molecule has 0 aromatic carbocycles. The van der Waals surface area contributed by atoms with E-state index in [0.29, 0.717) is 6.54 Å². The van der Waals surface area contributed by atoms with Gasteiger partial charge < -0.3 is 4.90 Å². The minimum absolute atomic E-state index is 0.237. The summed E-state index contributed by atoms with van der Waals surface area (Å²) in [6.07, 6.45) is 1.94. The first-order valence-electron chi connectivity index (χ1n) is 3.15. The number of rotatable bonds is 3. The fourth-order valence-corrected chi connectivity index (χ4v) is 1.22. The average Bonchev–Trinajstić information content (AvgIpc) is 2.34. The van der Waals surface area contributed by atoms with Crippen molar-refractivity contribution in [2.45, 2.75) is 0 Å². The Labute approximate surface area is 59.8 Å². The van der Waals surface area contributed by atoms with Crippen LogP contribution in [0.5, 0.6) is 0 Å². The van der Waals surface area contributed by atoms with Crippen LogP contribution in [-0.4, -0.2) is 37.0 Å². The highest BCUT2D eigenvalue weighted by Gasteiger charge is 2.04. The van der Waals surface area contributed by atoms with Crippen LogP contribution < -0.4 is 0 Å². The zero-order chi connectivity index (χ0) is 7.40. The van der Waals surface area contributed by atoms with Crippen molar-refractivity contribution in [1.29, 1.82) is 0 Å². The van der Waals surface area contributed by atoms with Crippen molar-refractivity contribution in [2.75, 3.05) is 25.8 Å². The number of nitrogens with zero attached hydrogens (tertiary/aromatic N) is 2. The first-order chi connectivity index (χ1) is 4.79. The Morgan fingerprint density at radius 3 is 2.90 bits per heavy atom. The van der Waals surface area contributed by atoms with Gasteiger partial charge in [-0.2, -0.15) is 0 Å². The van der Waals surface area contributed by atoms with Crippen molar-refractivity contribution in [1.82, 2.24) is 4.90 Å². The first kappa shape index (κ1) is 7.48. The van der Waals surface area contributed by atoms with Gasteiger partial charge in [0.2, 0.25) is 0 Å². The summed E-state index contributed by atoms with van der Waals surface area (Å²) >= 11 is 0. The molecule has 0 N–H and O–H groups in total. The van der Waals surface area contributed by atoms with E-state index in [1.165, 1.54) is 0 Å². The third-order valence-electron chi connectivity index (χ3n) is 1.33. The highest BCUT2D eigenvalue weighted by Crippen LogP contribution is 2.03. The molecule has 0 atom stereocenters. The molecule has 0 spiro atoms. The van der Waals surface area contributed by atoms with E-state index in [1.54, 1.807) is 6.34 Å². The standard InChI is InChI=1S/C5H9N2O2P/c8-10(9)4-3-7-2-1-6-5-7/h5H,1-4H2. The van der Waals surface area contributed by atoms with E-state index in [9.17, 15) is 9.13 Å². The molecule has 1 aliphatic rings. The Bertz CT molecular complexity index is 192. The third kappa shape index (κ3) is 2.31. The zero-order valence-corrected chi connectivity index (χ0v) is 6.46. The van der Waals surface area contributed by atoms with Gasteiger partial charge in [-0.15, -0.1) is 0 Å². The second kappa shape index (κ2) is 3.52. The molecule has 56 valence electrons. The van der Waals surface area contributed by atoms with Gasteiger partial charge in [0.05, 0.1) is 19.0 Å². The smallest absolute Gasteiger partial charge is 0.317 e. The van der Waals surface area contributed by atoms with E-state index in [2.05, 4.69) is 4.99 Å². The molecule has 10 heavy (non-hydrogen) atoms. The quantitative estimate of drug-likeness (QED) is 0.565. The number of hydrogen-bond acceptors (Lipinski definition) is 4. The van der Waals surface area contributed by atoms with Gasteiger partial charge in [0.15, 0.2) is 0 Å². The topological polar surface area (TPSA) is 49.7 Å². The normalized spacial score (nSPS) is 16.2. The summed E-state index contributed by atoms with van der Waals surface area (Å²) in [6, 6.07) is 0. The Hall–Kier alpha value is -0.630. The highest BCUT2D eigenvalue weighted by molar-refractivity contribution is 7.30. The van der Waals surface area contributed by atoms with Gasteiger partial charge in [-0.3, -0.25) is 4.99 Å². The van der Waals surface area contributed by atoms with Gasteiger partial charge in [0, 0.05) is 13.1 Å². The molecule has 0 amide bonds. The Morgan fingerprint density at radius 2 is 2.40 bits per heavy atom. The minimum Gasteiger partial charge on any atom is -0.360 e. The second-order valence-corrected chi connectivity index (χ2v) is 3.23. The molecule has 4 nitrogen and oxygen atoms in total. The van der Waals surface area contributed by atoms with Crippen LogP contribution in [0.15, 0.2) is 4.99 Å². The molecule has 1 aliphatic heterocycles. The van der Waals surface area contributed by atoms with Crippen LogP contribution in [0.25, 0.3) is 0 Å². The Morgan fingerprint density at radius 1 is 1.60 bits per heavy atom. The maximum atomic E-state index is 10.1. The average molecular weight is 160 g/mol. The summed E-state index contributed by atoms with van der Waals surface area (Å²) in [5.74, 6) is 0. The van der Waals surface area contributed by atoms with Gasteiger partial charge in [-0.05, 0) is 0 Å². The van der Waals surface area contributed by atoms with E-state index >= 15 is 0 Å². The molecule has 0 unspecified atom stereocenters. The van der Waals surface area contributed by atoms with Crippen LogP contribution in [0.1, 0.15) is 0 Å². The Balaban J connectivity index is 2.19. The van der Waals surface area contributed by atoms with Crippen molar-refractivity contribution < 1.29 is 9.13 Å². The van der Waals surface area contributed by atoms with Gasteiger partial charge in [-0.1, -0.05) is 0 Å². The highest BCUT2D eigenvalue weighted by atomic mass is 31.1. The summed E-state index contributed by atoms with van der Waals surface area (Å²) in [4.78, 5) is 5.85. The van der Waals surface area contributed by atoms with Crippen molar-refractivity contribution in [3.05, 3.63) is 0 Å². The van der Waals surface area contributed by atoms with Crippen molar-refractivity contribution >= 4 is 14.0 Å². The van der Waals surface area contributed by atoms with E-state index in [1.807, 2.05) is 4.90 Å². The molecule has 0 radical (unpaired) electrons. The molecule has 0 bridgehead atoms. The molecule has 5 heteroatoms. The molecule has 0 fully saturated rings. The first-order valence-corrected chi connectivity index (χ1v) is 4.51. The van der Waals surface area contributed by atoms with Crippen molar-refractivity contribution in [2.24, 2.45) is 4.99 Å². The van der Waals surface area contributed by atoms with Gasteiger partial charge in [0.1, 0.15) is 0 Å². The maximum absolute atomic E-state index is 10.1. The third-order valence-corrected chi connectivity index (χ3v) is 1.90. The maximum Gasteiger partial charge on any atom is 0.317 e. The fourth-order valence-electron chi connectivity index (χ4n) is 0.797. The van der Waals surface area contributed by atoms with E-state index in [4.69, 9.17) is 0 Å². The van der Waals surface area contributed by atoms with Gasteiger partial charge in [0.25, 0.3) is 0 Å². The lowest BCUT2D eigenvalue weighted by Crippen LogP contribution is -2.21. The summed E-state index contributed by atoms with van der Waals surface area (Å²) in [5, 5.41) is 0. The van der Waals surface area contributed by atoms with E-state index in [-0.39, 0.29) is 6.16 Å². The monoisotopic (exact) mass is 160 g/mol. The molecular formula is C5H9N2O2P. The summed E-state index contributed by atoms with van der Waals surface area (Å²) < 4.78 is 20.2. The predicted molar refractivity (Wildman–Crippen MR) is 38.1 cm³/mol. The largest absolute Gasteiger partial charge is 0.360 e. The predicted octanol–water partition coefficient (Wildman–Crippen LogP) is 0.503. The summed E-state index contributed by atoms with van der Waals surface area (Å²) in [6.45, 7) is 2.25.